The highest BCUT2D eigenvalue weighted by molar-refractivity contribution is 6.30. The van der Waals surface area contributed by atoms with E-state index in [1.807, 2.05) is 12.1 Å². The molecule has 2 aliphatic rings. The molecule has 0 bridgehead atoms. The lowest BCUT2D eigenvalue weighted by atomic mass is 9.89. The summed E-state index contributed by atoms with van der Waals surface area (Å²) in [5.41, 5.74) is 2.10. The number of pyridine rings is 1. The van der Waals surface area contributed by atoms with Gasteiger partial charge in [0.1, 0.15) is 5.15 Å². The number of aromatic nitrogens is 1. The Labute approximate surface area is 171 Å². The van der Waals surface area contributed by atoms with E-state index in [1.165, 1.54) is 31.5 Å². The first kappa shape index (κ1) is 19.7. The van der Waals surface area contributed by atoms with Crippen LogP contribution in [0.15, 0.2) is 18.2 Å². The largest absolute Gasteiger partial charge is 0.493 e. The van der Waals surface area contributed by atoms with Crippen molar-refractivity contribution in [3.8, 4) is 11.5 Å². The number of halogens is 1. The molecule has 0 unspecified atom stereocenters. The number of methoxy groups -OCH3 is 1. The average Bonchev–Trinajstić information content (AvgIpc) is 3.24. The highest BCUT2D eigenvalue weighted by Crippen LogP contribution is 2.38. The Hall–Kier alpha value is -1.56. The zero-order valence-corrected chi connectivity index (χ0v) is 17.3. The van der Waals surface area contributed by atoms with E-state index in [2.05, 4.69) is 16.0 Å². The summed E-state index contributed by atoms with van der Waals surface area (Å²) in [6.45, 7) is 5.79. The van der Waals surface area contributed by atoms with Crippen molar-refractivity contribution in [3.63, 3.8) is 0 Å². The first-order chi connectivity index (χ1) is 13.7. The zero-order valence-electron chi connectivity index (χ0n) is 16.6. The molecule has 0 amide bonds. The fourth-order valence-electron chi connectivity index (χ4n) is 4.32. The summed E-state index contributed by atoms with van der Waals surface area (Å²) in [6.07, 6.45) is 5.67. The van der Waals surface area contributed by atoms with Gasteiger partial charge in [-0.05, 0) is 68.8 Å². The van der Waals surface area contributed by atoms with Crippen LogP contribution < -0.4 is 9.47 Å². The van der Waals surface area contributed by atoms with Gasteiger partial charge in [-0.1, -0.05) is 11.6 Å². The van der Waals surface area contributed by atoms with Gasteiger partial charge < -0.3 is 19.1 Å². The fraction of sp³-hybridized carbons (Fsp3) is 0.591. The summed E-state index contributed by atoms with van der Waals surface area (Å²) in [4.78, 5) is 7.05. The summed E-state index contributed by atoms with van der Waals surface area (Å²) in [5, 5.41) is 1.62. The van der Waals surface area contributed by atoms with Crippen LogP contribution in [0, 0.1) is 0 Å². The van der Waals surface area contributed by atoms with Crippen molar-refractivity contribution in [2.75, 3.05) is 46.6 Å². The molecule has 152 valence electrons. The molecule has 0 saturated carbocycles. The zero-order chi connectivity index (χ0) is 19.3. The number of rotatable bonds is 7. The van der Waals surface area contributed by atoms with E-state index in [9.17, 15) is 0 Å². The van der Waals surface area contributed by atoms with E-state index in [4.69, 9.17) is 25.8 Å². The van der Waals surface area contributed by atoms with Gasteiger partial charge in [0, 0.05) is 31.2 Å². The topological polar surface area (TPSA) is 43.8 Å². The van der Waals surface area contributed by atoms with Crippen LogP contribution in [0.1, 0.15) is 43.6 Å². The van der Waals surface area contributed by atoms with E-state index >= 15 is 0 Å². The molecule has 0 aliphatic carbocycles. The molecule has 2 saturated heterocycles. The second-order valence-electron chi connectivity index (χ2n) is 7.69. The number of ether oxygens (including phenoxy) is 3. The SMILES string of the molecule is COc1cc2c(C3CCOCC3)cc(Cl)nc2cc1OCCCN1CCCC1. The van der Waals surface area contributed by atoms with E-state index in [0.29, 0.717) is 17.7 Å². The molecular formula is C22H29ClN2O3. The van der Waals surface area contributed by atoms with Gasteiger partial charge in [-0.2, -0.15) is 0 Å². The number of hydrogen-bond acceptors (Lipinski definition) is 5. The summed E-state index contributed by atoms with van der Waals surface area (Å²) in [7, 11) is 1.69. The van der Waals surface area contributed by atoms with Gasteiger partial charge in [-0.15, -0.1) is 0 Å². The molecule has 0 N–H and O–H groups in total. The highest BCUT2D eigenvalue weighted by atomic mass is 35.5. The molecule has 5 nitrogen and oxygen atoms in total. The Morgan fingerprint density at radius 1 is 1.14 bits per heavy atom. The first-order valence-corrected chi connectivity index (χ1v) is 10.7. The molecule has 0 atom stereocenters. The molecule has 1 aromatic carbocycles. The maximum atomic E-state index is 6.35. The molecule has 3 heterocycles. The van der Waals surface area contributed by atoms with Crippen LogP contribution in [-0.2, 0) is 4.74 Å². The van der Waals surface area contributed by atoms with Crippen LogP contribution in [0.2, 0.25) is 5.15 Å². The molecule has 0 spiro atoms. The normalized spacial score (nSPS) is 18.6. The quantitative estimate of drug-likeness (QED) is 0.496. The molecule has 4 rings (SSSR count). The minimum Gasteiger partial charge on any atom is -0.493 e. The second-order valence-corrected chi connectivity index (χ2v) is 8.08. The number of hydrogen-bond donors (Lipinski definition) is 0. The molecular weight excluding hydrogens is 376 g/mol. The predicted molar refractivity (Wildman–Crippen MR) is 112 cm³/mol. The molecule has 6 heteroatoms. The van der Waals surface area contributed by atoms with Crippen LogP contribution in [0.5, 0.6) is 11.5 Å². The van der Waals surface area contributed by atoms with Gasteiger partial charge in [0.05, 0.1) is 19.2 Å². The highest BCUT2D eigenvalue weighted by Gasteiger charge is 2.21. The van der Waals surface area contributed by atoms with Crippen molar-refractivity contribution in [2.45, 2.75) is 38.0 Å². The van der Waals surface area contributed by atoms with Gasteiger partial charge in [0.25, 0.3) is 0 Å². The average molecular weight is 405 g/mol. The maximum absolute atomic E-state index is 6.35. The Balaban J connectivity index is 1.53. The number of fused-ring (bicyclic) bond motifs is 1. The molecule has 2 aromatic rings. The second kappa shape index (κ2) is 9.29. The standard InChI is InChI=1S/C22H29ClN2O3/c1-26-20-13-18-17(16-5-11-27-12-6-16)14-22(23)24-19(18)15-21(20)28-10-4-9-25-7-2-3-8-25/h13-16H,2-12H2,1H3. The van der Waals surface area contributed by atoms with E-state index in [0.717, 1.165) is 61.4 Å². The van der Waals surface area contributed by atoms with Crippen LogP contribution >= 0.6 is 11.6 Å². The monoisotopic (exact) mass is 404 g/mol. The Morgan fingerprint density at radius 2 is 1.93 bits per heavy atom. The van der Waals surface area contributed by atoms with Crippen molar-refractivity contribution in [2.24, 2.45) is 0 Å². The third-order valence-corrected chi connectivity index (χ3v) is 6.02. The van der Waals surface area contributed by atoms with E-state index in [1.54, 1.807) is 7.11 Å². The molecule has 2 aliphatic heterocycles. The lowest BCUT2D eigenvalue weighted by molar-refractivity contribution is 0.0856. The molecule has 28 heavy (non-hydrogen) atoms. The van der Waals surface area contributed by atoms with Crippen LogP contribution in [-0.4, -0.2) is 56.4 Å². The number of likely N-dealkylation sites (tertiary alicyclic amines) is 1. The van der Waals surface area contributed by atoms with Crippen molar-refractivity contribution < 1.29 is 14.2 Å². The van der Waals surface area contributed by atoms with Crippen molar-refractivity contribution in [1.29, 1.82) is 0 Å². The van der Waals surface area contributed by atoms with Crippen LogP contribution in [0.4, 0.5) is 0 Å². The van der Waals surface area contributed by atoms with Gasteiger partial charge in [0.2, 0.25) is 0 Å². The van der Waals surface area contributed by atoms with Gasteiger partial charge in [0.15, 0.2) is 11.5 Å². The van der Waals surface area contributed by atoms with E-state index < -0.39 is 0 Å². The minimum absolute atomic E-state index is 0.439. The third kappa shape index (κ3) is 4.53. The lowest BCUT2D eigenvalue weighted by Crippen LogP contribution is -2.21. The van der Waals surface area contributed by atoms with Crippen molar-refractivity contribution in [1.82, 2.24) is 9.88 Å². The van der Waals surface area contributed by atoms with Gasteiger partial charge in [-0.25, -0.2) is 4.98 Å². The summed E-state index contributed by atoms with van der Waals surface area (Å²) in [6, 6.07) is 6.02. The lowest BCUT2D eigenvalue weighted by Gasteiger charge is -2.24. The van der Waals surface area contributed by atoms with E-state index in [-0.39, 0.29) is 0 Å². The van der Waals surface area contributed by atoms with Crippen molar-refractivity contribution >= 4 is 22.5 Å². The predicted octanol–water partition coefficient (Wildman–Crippen LogP) is 4.66. The first-order valence-electron chi connectivity index (χ1n) is 10.4. The van der Waals surface area contributed by atoms with Crippen molar-refractivity contribution in [3.05, 3.63) is 28.9 Å². The van der Waals surface area contributed by atoms with Gasteiger partial charge in [-0.3, -0.25) is 0 Å². The van der Waals surface area contributed by atoms with Gasteiger partial charge >= 0.3 is 0 Å². The van der Waals surface area contributed by atoms with Crippen LogP contribution in [0.25, 0.3) is 10.9 Å². The third-order valence-electron chi connectivity index (χ3n) is 5.83. The van der Waals surface area contributed by atoms with Crippen LogP contribution in [0.3, 0.4) is 0 Å². The minimum atomic E-state index is 0.439. The molecule has 2 fully saturated rings. The molecule has 1 aromatic heterocycles. The summed E-state index contributed by atoms with van der Waals surface area (Å²) < 4.78 is 17.2. The number of nitrogens with zero attached hydrogens (tertiary/aromatic N) is 2. The Morgan fingerprint density at radius 3 is 2.68 bits per heavy atom. The molecule has 0 radical (unpaired) electrons. The smallest absolute Gasteiger partial charge is 0.163 e. The summed E-state index contributed by atoms with van der Waals surface area (Å²) >= 11 is 6.35. The Bertz CT molecular complexity index is 802. The maximum Gasteiger partial charge on any atom is 0.163 e. The number of benzene rings is 1. The Kier molecular flexibility index (Phi) is 6.55. The summed E-state index contributed by atoms with van der Waals surface area (Å²) in [5.74, 6) is 1.93. The fourth-order valence-corrected chi connectivity index (χ4v) is 4.53.